The summed E-state index contributed by atoms with van der Waals surface area (Å²) in [7, 11) is 0. The van der Waals surface area contributed by atoms with E-state index in [2.05, 4.69) is 38.2 Å². The van der Waals surface area contributed by atoms with Crippen molar-refractivity contribution < 1.29 is 9.47 Å². The summed E-state index contributed by atoms with van der Waals surface area (Å²) < 4.78 is 12.1. The lowest BCUT2D eigenvalue weighted by atomic mass is 9.85. The maximum atomic E-state index is 6.09. The van der Waals surface area contributed by atoms with Crippen molar-refractivity contribution in [2.45, 2.75) is 58.3 Å². The second-order valence-electron chi connectivity index (χ2n) is 5.60. The van der Waals surface area contributed by atoms with Gasteiger partial charge in [0.05, 0.1) is 0 Å². The van der Waals surface area contributed by atoms with Crippen LogP contribution in [0.3, 0.4) is 0 Å². The van der Waals surface area contributed by atoms with Crippen molar-refractivity contribution in [3.8, 4) is 5.75 Å². The molecule has 1 saturated carbocycles. The van der Waals surface area contributed by atoms with E-state index in [9.17, 15) is 0 Å². The molecule has 112 valence electrons. The molecule has 0 amide bonds. The summed E-state index contributed by atoms with van der Waals surface area (Å²) in [5, 5.41) is 3.55. The summed E-state index contributed by atoms with van der Waals surface area (Å²) in [6.07, 6.45) is 3.59. The Labute approximate surface area is 122 Å². The molecule has 1 N–H and O–H groups in total. The molecule has 0 aromatic heterocycles. The molecule has 2 rings (SSSR count). The number of ether oxygens (including phenoxy) is 2. The van der Waals surface area contributed by atoms with Crippen LogP contribution in [0.5, 0.6) is 5.75 Å². The smallest absolute Gasteiger partial charge is 0.128 e. The van der Waals surface area contributed by atoms with Crippen molar-refractivity contribution in [2.24, 2.45) is 0 Å². The molecule has 1 fully saturated rings. The molecule has 1 aliphatic carbocycles. The van der Waals surface area contributed by atoms with Gasteiger partial charge in [0.1, 0.15) is 18.0 Å². The quantitative estimate of drug-likeness (QED) is 0.791. The molecule has 1 aromatic rings. The second kappa shape index (κ2) is 7.65. The van der Waals surface area contributed by atoms with Gasteiger partial charge in [0.25, 0.3) is 0 Å². The van der Waals surface area contributed by atoms with Crippen LogP contribution in [0.2, 0.25) is 0 Å². The minimum Gasteiger partial charge on any atom is -0.488 e. The molecule has 1 aromatic carbocycles. The predicted molar refractivity (Wildman–Crippen MR) is 82.3 cm³/mol. The molecular formula is C17H27NO2. The van der Waals surface area contributed by atoms with Gasteiger partial charge in [0.15, 0.2) is 0 Å². The predicted octanol–water partition coefficient (Wildman–Crippen LogP) is 3.31. The molecule has 20 heavy (non-hydrogen) atoms. The molecule has 3 unspecified atom stereocenters. The number of rotatable bonds is 8. The SMILES string of the molecule is CCCNC1CC(Oc2cccc(C)c2)C1OCCC. The van der Waals surface area contributed by atoms with Crippen LogP contribution in [0.15, 0.2) is 24.3 Å². The maximum absolute atomic E-state index is 6.09. The van der Waals surface area contributed by atoms with Crippen molar-refractivity contribution in [1.82, 2.24) is 5.32 Å². The molecule has 0 aliphatic heterocycles. The van der Waals surface area contributed by atoms with E-state index in [1.54, 1.807) is 0 Å². The van der Waals surface area contributed by atoms with E-state index < -0.39 is 0 Å². The summed E-state index contributed by atoms with van der Waals surface area (Å²) >= 11 is 0. The zero-order valence-corrected chi connectivity index (χ0v) is 12.9. The molecule has 0 heterocycles. The van der Waals surface area contributed by atoms with E-state index in [1.165, 1.54) is 5.56 Å². The zero-order valence-electron chi connectivity index (χ0n) is 12.9. The Bertz CT molecular complexity index is 408. The number of hydrogen-bond acceptors (Lipinski definition) is 3. The van der Waals surface area contributed by atoms with Crippen LogP contribution < -0.4 is 10.1 Å². The average molecular weight is 277 g/mol. The highest BCUT2D eigenvalue weighted by molar-refractivity contribution is 5.28. The first-order valence-electron chi connectivity index (χ1n) is 7.83. The molecule has 3 heteroatoms. The van der Waals surface area contributed by atoms with E-state index in [0.717, 1.165) is 38.2 Å². The van der Waals surface area contributed by atoms with E-state index in [0.29, 0.717) is 6.04 Å². The fourth-order valence-corrected chi connectivity index (χ4v) is 2.57. The fraction of sp³-hybridized carbons (Fsp3) is 0.647. The first-order valence-corrected chi connectivity index (χ1v) is 7.83. The number of aryl methyl sites for hydroxylation is 1. The van der Waals surface area contributed by atoms with Gasteiger partial charge in [0.2, 0.25) is 0 Å². The largest absolute Gasteiger partial charge is 0.488 e. The molecule has 3 atom stereocenters. The van der Waals surface area contributed by atoms with Gasteiger partial charge in [0, 0.05) is 19.1 Å². The molecule has 3 nitrogen and oxygen atoms in total. The first kappa shape index (κ1) is 15.3. The maximum Gasteiger partial charge on any atom is 0.128 e. The van der Waals surface area contributed by atoms with Crippen molar-refractivity contribution in [3.05, 3.63) is 29.8 Å². The first-order chi connectivity index (χ1) is 9.74. The lowest BCUT2D eigenvalue weighted by Gasteiger charge is -2.44. The molecule has 0 bridgehead atoms. The lowest BCUT2D eigenvalue weighted by molar-refractivity contribution is -0.107. The van der Waals surface area contributed by atoms with E-state index in [1.807, 2.05) is 12.1 Å². The summed E-state index contributed by atoms with van der Waals surface area (Å²) in [5.74, 6) is 0.953. The third kappa shape index (κ3) is 3.97. The average Bonchev–Trinajstić information content (AvgIpc) is 2.42. The minimum atomic E-state index is 0.178. The molecule has 0 saturated heterocycles. The van der Waals surface area contributed by atoms with E-state index in [4.69, 9.17) is 9.47 Å². The van der Waals surface area contributed by atoms with Gasteiger partial charge in [-0.25, -0.2) is 0 Å². The van der Waals surface area contributed by atoms with Crippen molar-refractivity contribution in [1.29, 1.82) is 0 Å². The van der Waals surface area contributed by atoms with Gasteiger partial charge in [-0.15, -0.1) is 0 Å². The van der Waals surface area contributed by atoms with Crippen LogP contribution in [0.25, 0.3) is 0 Å². The van der Waals surface area contributed by atoms with Crippen LogP contribution in [-0.4, -0.2) is 31.4 Å². The minimum absolute atomic E-state index is 0.178. The molecule has 0 radical (unpaired) electrons. The molecule has 1 aliphatic rings. The zero-order chi connectivity index (χ0) is 14.4. The summed E-state index contributed by atoms with van der Waals surface area (Å²) in [4.78, 5) is 0. The Hall–Kier alpha value is -1.06. The Balaban J connectivity index is 1.90. The van der Waals surface area contributed by atoms with Crippen LogP contribution in [0.4, 0.5) is 0 Å². The highest BCUT2D eigenvalue weighted by atomic mass is 16.5. The van der Waals surface area contributed by atoms with Crippen LogP contribution in [0, 0.1) is 6.92 Å². The fourth-order valence-electron chi connectivity index (χ4n) is 2.57. The number of benzene rings is 1. The topological polar surface area (TPSA) is 30.5 Å². The highest BCUT2D eigenvalue weighted by Crippen LogP contribution is 2.29. The Morgan fingerprint density at radius 3 is 2.80 bits per heavy atom. The number of nitrogens with one attached hydrogen (secondary N) is 1. The van der Waals surface area contributed by atoms with Gasteiger partial charge in [-0.05, 0) is 44.0 Å². The second-order valence-corrected chi connectivity index (χ2v) is 5.60. The number of hydrogen-bond donors (Lipinski definition) is 1. The third-order valence-corrected chi connectivity index (χ3v) is 3.70. The van der Waals surface area contributed by atoms with Crippen molar-refractivity contribution >= 4 is 0 Å². The Kier molecular flexibility index (Phi) is 5.86. The van der Waals surface area contributed by atoms with E-state index >= 15 is 0 Å². The van der Waals surface area contributed by atoms with E-state index in [-0.39, 0.29) is 12.2 Å². The van der Waals surface area contributed by atoms with Gasteiger partial charge in [-0.3, -0.25) is 0 Å². The van der Waals surface area contributed by atoms with Gasteiger partial charge in [-0.2, -0.15) is 0 Å². The van der Waals surface area contributed by atoms with Crippen LogP contribution in [-0.2, 0) is 4.74 Å². The molecular weight excluding hydrogens is 250 g/mol. The lowest BCUT2D eigenvalue weighted by Crippen LogP contribution is -2.61. The Morgan fingerprint density at radius 1 is 1.25 bits per heavy atom. The van der Waals surface area contributed by atoms with Crippen LogP contribution >= 0.6 is 0 Å². The highest BCUT2D eigenvalue weighted by Gasteiger charge is 2.43. The van der Waals surface area contributed by atoms with Crippen molar-refractivity contribution in [2.75, 3.05) is 13.2 Å². The third-order valence-electron chi connectivity index (χ3n) is 3.70. The summed E-state index contributed by atoms with van der Waals surface area (Å²) in [6.45, 7) is 8.28. The van der Waals surface area contributed by atoms with Gasteiger partial charge in [-0.1, -0.05) is 26.0 Å². The van der Waals surface area contributed by atoms with Gasteiger partial charge >= 0.3 is 0 Å². The standard InChI is InChI=1S/C17H27NO2/c1-4-9-18-15-12-16(17(15)19-10-5-2)20-14-8-6-7-13(3)11-14/h6-8,11,15-18H,4-5,9-10,12H2,1-3H3. The summed E-state index contributed by atoms with van der Waals surface area (Å²) in [6, 6.07) is 8.68. The molecule has 0 spiro atoms. The normalized spacial score (nSPS) is 25.2. The Morgan fingerprint density at radius 2 is 2.10 bits per heavy atom. The monoisotopic (exact) mass is 277 g/mol. The summed E-state index contributed by atoms with van der Waals surface area (Å²) in [5.41, 5.74) is 1.23. The van der Waals surface area contributed by atoms with Crippen molar-refractivity contribution in [3.63, 3.8) is 0 Å². The van der Waals surface area contributed by atoms with Gasteiger partial charge < -0.3 is 14.8 Å². The van der Waals surface area contributed by atoms with Crippen LogP contribution in [0.1, 0.15) is 38.7 Å².